The molecule has 1 N–H and O–H groups in total. The van der Waals surface area contributed by atoms with Crippen LogP contribution in [0.1, 0.15) is 29.9 Å². The van der Waals surface area contributed by atoms with Crippen LogP contribution in [0.2, 0.25) is 0 Å². The molecule has 2 rings (SSSR count). The number of unbranched alkanes of at least 4 members (excludes halogenated alkanes) is 1. The molecule has 2 heteroatoms. The highest BCUT2D eigenvalue weighted by Crippen LogP contribution is 2.33. The lowest BCUT2D eigenvalue weighted by atomic mass is 9.77. The summed E-state index contributed by atoms with van der Waals surface area (Å²) in [4.78, 5) is 0. The van der Waals surface area contributed by atoms with E-state index in [1.165, 1.54) is 18.4 Å². The van der Waals surface area contributed by atoms with Gasteiger partial charge in [0.1, 0.15) is 0 Å². The van der Waals surface area contributed by atoms with Crippen molar-refractivity contribution in [1.29, 1.82) is 0 Å². The Morgan fingerprint density at radius 1 is 1.27 bits per heavy atom. The van der Waals surface area contributed by atoms with Crippen LogP contribution in [0.4, 0.5) is 0 Å². The first-order chi connectivity index (χ1) is 7.42. The minimum absolute atomic E-state index is 0.747. The van der Waals surface area contributed by atoms with Crippen LogP contribution in [-0.2, 0) is 6.42 Å². The average molecular weight is 224 g/mol. The van der Waals surface area contributed by atoms with Crippen LogP contribution in [-0.4, -0.2) is 19.0 Å². The number of nitrogens with one attached hydrogen (secondary N) is 1. The minimum atomic E-state index is 0.747. The van der Waals surface area contributed by atoms with Gasteiger partial charge in [0, 0.05) is 18.3 Å². The van der Waals surface area contributed by atoms with E-state index in [-0.39, 0.29) is 0 Å². The van der Waals surface area contributed by atoms with E-state index in [2.05, 4.69) is 29.6 Å². The maximum Gasteiger partial charge on any atom is 0.0223 e. The van der Waals surface area contributed by atoms with Crippen LogP contribution in [0.15, 0.2) is 24.3 Å². The fourth-order valence-electron chi connectivity index (χ4n) is 2.17. The highest BCUT2D eigenvalue weighted by Gasteiger charge is 2.24. The maximum absolute atomic E-state index is 5.62. The van der Waals surface area contributed by atoms with Crippen molar-refractivity contribution in [3.8, 4) is 0 Å². The highest BCUT2D eigenvalue weighted by molar-refractivity contribution is 6.17. The van der Waals surface area contributed by atoms with Gasteiger partial charge in [0.05, 0.1) is 0 Å². The summed E-state index contributed by atoms with van der Waals surface area (Å²) in [6.45, 7) is 2.23. The van der Waals surface area contributed by atoms with Crippen molar-refractivity contribution in [3.63, 3.8) is 0 Å². The van der Waals surface area contributed by atoms with Crippen LogP contribution in [0.25, 0.3) is 0 Å². The number of alkyl halides is 1. The number of benzene rings is 1. The van der Waals surface area contributed by atoms with Gasteiger partial charge in [0.2, 0.25) is 0 Å². The first-order valence-corrected chi connectivity index (χ1v) is 6.29. The number of hydrogen-bond donors (Lipinski definition) is 1. The maximum atomic E-state index is 5.62. The molecule has 0 bridgehead atoms. The molecule has 1 aliphatic rings. The number of hydrogen-bond acceptors (Lipinski definition) is 1. The minimum Gasteiger partial charge on any atom is -0.316 e. The Morgan fingerprint density at radius 3 is 2.93 bits per heavy atom. The van der Waals surface area contributed by atoms with E-state index >= 15 is 0 Å². The second-order valence-corrected chi connectivity index (χ2v) is 4.58. The van der Waals surface area contributed by atoms with Crippen molar-refractivity contribution in [1.82, 2.24) is 5.32 Å². The summed E-state index contributed by atoms with van der Waals surface area (Å²) in [6.07, 6.45) is 3.56. The molecule has 0 aromatic heterocycles. The third-order valence-corrected chi connectivity index (χ3v) is 3.36. The van der Waals surface area contributed by atoms with Crippen molar-refractivity contribution < 1.29 is 0 Å². The van der Waals surface area contributed by atoms with Gasteiger partial charge in [-0.1, -0.05) is 24.3 Å². The van der Waals surface area contributed by atoms with Gasteiger partial charge in [-0.2, -0.15) is 0 Å². The summed E-state index contributed by atoms with van der Waals surface area (Å²) in [5.74, 6) is 1.53. The van der Waals surface area contributed by atoms with Crippen LogP contribution >= 0.6 is 11.6 Å². The largest absolute Gasteiger partial charge is 0.316 e. The SMILES string of the molecule is ClCCCCNCC1Cc2ccccc21. The third kappa shape index (κ3) is 2.73. The first-order valence-electron chi connectivity index (χ1n) is 5.76. The first kappa shape index (κ1) is 11.0. The van der Waals surface area contributed by atoms with Crippen LogP contribution in [0.3, 0.4) is 0 Å². The molecule has 1 aromatic carbocycles. The van der Waals surface area contributed by atoms with Gasteiger partial charge in [0.25, 0.3) is 0 Å². The molecule has 15 heavy (non-hydrogen) atoms. The highest BCUT2D eigenvalue weighted by atomic mass is 35.5. The van der Waals surface area contributed by atoms with Crippen LogP contribution < -0.4 is 5.32 Å². The molecule has 0 saturated carbocycles. The Hall–Kier alpha value is -0.530. The summed E-state index contributed by atoms with van der Waals surface area (Å²) < 4.78 is 0. The number of fused-ring (bicyclic) bond motifs is 1. The molecule has 1 nitrogen and oxygen atoms in total. The quantitative estimate of drug-likeness (QED) is 0.578. The van der Waals surface area contributed by atoms with Crippen molar-refractivity contribution in [2.45, 2.75) is 25.2 Å². The summed E-state index contributed by atoms with van der Waals surface area (Å²) in [6, 6.07) is 8.75. The zero-order valence-electron chi connectivity index (χ0n) is 9.01. The zero-order chi connectivity index (χ0) is 10.5. The standard InChI is InChI=1S/C13H18ClN/c14-7-3-4-8-15-10-12-9-11-5-1-2-6-13(11)12/h1-2,5-6,12,15H,3-4,7-10H2. The fourth-order valence-corrected chi connectivity index (χ4v) is 2.35. The second kappa shape index (κ2) is 5.53. The third-order valence-electron chi connectivity index (χ3n) is 3.09. The molecule has 1 aliphatic carbocycles. The molecule has 0 radical (unpaired) electrons. The molecule has 82 valence electrons. The van der Waals surface area contributed by atoms with Gasteiger partial charge in [-0.05, 0) is 36.9 Å². The molecule has 0 fully saturated rings. The molecule has 0 saturated heterocycles. The van der Waals surface area contributed by atoms with E-state index in [1.807, 2.05) is 0 Å². The van der Waals surface area contributed by atoms with Gasteiger partial charge >= 0.3 is 0 Å². The summed E-state index contributed by atoms with van der Waals surface area (Å²) >= 11 is 5.62. The topological polar surface area (TPSA) is 12.0 Å². The molecular formula is C13H18ClN. The predicted octanol–water partition coefficient (Wildman–Crippen LogP) is 2.93. The number of halogens is 1. The second-order valence-electron chi connectivity index (χ2n) is 4.20. The Kier molecular flexibility index (Phi) is 4.04. The van der Waals surface area contributed by atoms with E-state index in [0.717, 1.165) is 31.3 Å². The molecule has 0 spiro atoms. The zero-order valence-corrected chi connectivity index (χ0v) is 9.76. The lowest BCUT2D eigenvalue weighted by molar-refractivity contribution is 0.527. The lowest BCUT2D eigenvalue weighted by Crippen LogP contribution is -2.29. The van der Waals surface area contributed by atoms with E-state index in [1.54, 1.807) is 5.56 Å². The Labute approximate surface area is 96.8 Å². The fraction of sp³-hybridized carbons (Fsp3) is 0.538. The van der Waals surface area contributed by atoms with E-state index in [9.17, 15) is 0 Å². The van der Waals surface area contributed by atoms with Crippen molar-refractivity contribution in [3.05, 3.63) is 35.4 Å². The molecule has 1 aromatic rings. The van der Waals surface area contributed by atoms with Crippen LogP contribution in [0.5, 0.6) is 0 Å². The van der Waals surface area contributed by atoms with Crippen molar-refractivity contribution in [2.24, 2.45) is 0 Å². The smallest absolute Gasteiger partial charge is 0.0223 e. The molecule has 0 heterocycles. The normalized spacial score (nSPS) is 18.3. The average Bonchev–Trinajstić information content (AvgIpc) is 2.24. The Morgan fingerprint density at radius 2 is 2.13 bits per heavy atom. The predicted molar refractivity (Wildman–Crippen MR) is 65.7 cm³/mol. The Balaban J connectivity index is 1.67. The van der Waals surface area contributed by atoms with E-state index < -0.39 is 0 Å². The Bertz CT molecular complexity index is 311. The monoisotopic (exact) mass is 223 g/mol. The molecule has 1 unspecified atom stereocenters. The van der Waals surface area contributed by atoms with Gasteiger partial charge in [-0.3, -0.25) is 0 Å². The van der Waals surface area contributed by atoms with Crippen molar-refractivity contribution >= 4 is 11.6 Å². The van der Waals surface area contributed by atoms with Crippen LogP contribution in [0, 0.1) is 0 Å². The van der Waals surface area contributed by atoms with Gasteiger partial charge in [-0.15, -0.1) is 11.6 Å². The lowest BCUT2D eigenvalue weighted by Gasteiger charge is -2.30. The summed E-state index contributed by atoms with van der Waals surface area (Å²) in [5.41, 5.74) is 3.08. The molecule has 1 atom stereocenters. The van der Waals surface area contributed by atoms with Gasteiger partial charge < -0.3 is 5.32 Å². The summed E-state index contributed by atoms with van der Waals surface area (Å²) in [7, 11) is 0. The van der Waals surface area contributed by atoms with Gasteiger partial charge in [0.15, 0.2) is 0 Å². The van der Waals surface area contributed by atoms with E-state index in [4.69, 9.17) is 11.6 Å². The molecule has 0 amide bonds. The van der Waals surface area contributed by atoms with E-state index in [0.29, 0.717) is 0 Å². The molecule has 0 aliphatic heterocycles. The van der Waals surface area contributed by atoms with Gasteiger partial charge in [-0.25, -0.2) is 0 Å². The molecular weight excluding hydrogens is 206 g/mol. The number of rotatable bonds is 6. The summed E-state index contributed by atoms with van der Waals surface area (Å²) in [5, 5.41) is 3.50. The van der Waals surface area contributed by atoms with Crippen molar-refractivity contribution in [2.75, 3.05) is 19.0 Å².